The van der Waals surface area contributed by atoms with Crippen LogP contribution < -0.4 is 4.74 Å². The second kappa shape index (κ2) is 5.64. The van der Waals surface area contributed by atoms with Gasteiger partial charge in [0.1, 0.15) is 0 Å². The summed E-state index contributed by atoms with van der Waals surface area (Å²) in [6.45, 7) is 1.43. The number of hydrogen-bond acceptors (Lipinski definition) is 4. The number of nitrogens with zero attached hydrogens (tertiary/aromatic N) is 2. The SMILES string of the molecule is COc1ccc(C(=O)N2CCC[C@@]3(CCC[C@H]3O)C2)cn1. The number of rotatable bonds is 2. The summed E-state index contributed by atoms with van der Waals surface area (Å²) in [5.74, 6) is 0.510. The van der Waals surface area contributed by atoms with E-state index in [9.17, 15) is 9.90 Å². The van der Waals surface area contributed by atoms with E-state index in [0.29, 0.717) is 18.0 Å². The van der Waals surface area contributed by atoms with Crippen LogP contribution in [0.3, 0.4) is 0 Å². The number of methoxy groups -OCH3 is 1. The number of aliphatic hydroxyl groups is 1. The van der Waals surface area contributed by atoms with Crippen LogP contribution in [0.2, 0.25) is 0 Å². The monoisotopic (exact) mass is 290 g/mol. The number of aliphatic hydroxyl groups excluding tert-OH is 1. The summed E-state index contributed by atoms with van der Waals surface area (Å²) in [5, 5.41) is 10.3. The van der Waals surface area contributed by atoms with Crippen molar-refractivity contribution in [2.45, 2.75) is 38.2 Å². The van der Waals surface area contributed by atoms with Crippen molar-refractivity contribution in [3.63, 3.8) is 0 Å². The molecular formula is C16H22N2O3. The molecule has 1 aromatic rings. The molecule has 1 aromatic heterocycles. The topological polar surface area (TPSA) is 62.7 Å². The third-order valence-corrected chi connectivity index (χ3v) is 4.95. The van der Waals surface area contributed by atoms with Crippen LogP contribution in [0.4, 0.5) is 0 Å². The normalized spacial score (nSPS) is 28.9. The number of likely N-dealkylation sites (tertiary alicyclic amines) is 1. The smallest absolute Gasteiger partial charge is 0.255 e. The lowest BCUT2D eigenvalue weighted by molar-refractivity contribution is -0.00537. The van der Waals surface area contributed by atoms with E-state index in [2.05, 4.69) is 4.98 Å². The summed E-state index contributed by atoms with van der Waals surface area (Å²) >= 11 is 0. The third kappa shape index (κ3) is 2.62. The first-order valence-electron chi connectivity index (χ1n) is 7.62. The molecule has 1 saturated carbocycles. The van der Waals surface area contributed by atoms with Gasteiger partial charge in [-0.1, -0.05) is 6.42 Å². The molecule has 2 heterocycles. The molecule has 1 saturated heterocycles. The van der Waals surface area contributed by atoms with E-state index in [1.807, 2.05) is 4.90 Å². The largest absolute Gasteiger partial charge is 0.481 e. The van der Waals surface area contributed by atoms with Gasteiger partial charge in [-0.3, -0.25) is 4.79 Å². The first-order valence-corrected chi connectivity index (χ1v) is 7.62. The predicted octanol–water partition coefficient (Wildman–Crippen LogP) is 1.86. The Hall–Kier alpha value is -1.62. The molecule has 0 radical (unpaired) electrons. The van der Waals surface area contributed by atoms with Crippen molar-refractivity contribution in [3.05, 3.63) is 23.9 Å². The van der Waals surface area contributed by atoms with Crippen LogP contribution >= 0.6 is 0 Å². The highest BCUT2D eigenvalue weighted by atomic mass is 16.5. The lowest BCUT2D eigenvalue weighted by Crippen LogP contribution is -2.49. The Kier molecular flexibility index (Phi) is 3.85. The minimum atomic E-state index is -0.262. The molecule has 5 heteroatoms. The van der Waals surface area contributed by atoms with Gasteiger partial charge in [-0.25, -0.2) is 4.98 Å². The summed E-state index contributed by atoms with van der Waals surface area (Å²) < 4.78 is 5.02. The Labute approximate surface area is 124 Å². The van der Waals surface area contributed by atoms with Crippen LogP contribution in [0.15, 0.2) is 18.3 Å². The van der Waals surface area contributed by atoms with Gasteiger partial charge in [0.25, 0.3) is 5.91 Å². The molecule has 1 aliphatic carbocycles. The van der Waals surface area contributed by atoms with E-state index in [4.69, 9.17) is 4.74 Å². The van der Waals surface area contributed by atoms with Gasteiger partial charge in [-0.05, 0) is 31.7 Å². The zero-order valence-corrected chi connectivity index (χ0v) is 12.4. The molecule has 0 bridgehead atoms. The van der Waals surface area contributed by atoms with E-state index < -0.39 is 0 Å². The minimum absolute atomic E-state index is 0.00308. The summed E-state index contributed by atoms with van der Waals surface area (Å²) in [7, 11) is 1.56. The van der Waals surface area contributed by atoms with Crippen LogP contribution in [-0.2, 0) is 0 Å². The van der Waals surface area contributed by atoms with E-state index in [0.717, 1.165) is 38.6 Å². The molecule has 1 N–H and O–H groups in total. The number of piperidine rings is 1. The van der Waals surface area contributed by atoms with Crippen LogP contribution in [0.25, 0.3) is 0 Å². The zero-order valence-electron chi connectivity index (χ0n) is 12.4. The summed E-state index contributed by atoms with van der Waals surface area (Å²) in [4.78, 5) is 18.6. The Balaban J connectivity index is 1.74. The van der Waals surface area contributed by atoms with Gasteiger partial charge < -0.3 is 14.7 Å². The van der Waals surface area contributed by atoms with Crippen molar-refractivity contribution in [1.29, 1.82) is 0 Å². The standard InChI is InChI=1S/C16H22N2O3/c1-21-14-6-5-12(10-17-14)15(20)18-9-3-8-16(11-18)7-2-4-13(16)19/h5-6,10,13,19H,2-4,7-9,11H2,1H3/t13-,16+/m1/s1. The molecule has 2 atom stereocenters. The minimum Gasteiger partial charge on any atom is -0.481 e. The fraction of sp³-hybridized carbons (Fsp3) is 0.625. The van der Waals surface area contributed by atoms with E-state index in [-0.39, 0.29) is 17.4 Å². The van der Waals surface area contributed by atoms with E-state index >= 15 is 0 Å². The highest BCUT2D eigenvalue weighted by Gasteiger charge is 2.45. The molecule has 1 amide bonds. The highest BCUT2D eigenvalue weighted by Crippen LogP contribution is 2.45. The number of carbonyl (C=O) groups excluding carboxylic acids is 1. The Bertz CT molecular complexity index is 517. The van der Waals surface area contributed by atoms with Crippen molar-refractivity contribution in [3.8, 4) is 5.88 Å². The van der Waals surface area contributed by atoms with Crippen molar-refractivity contribution in [2.75, 3.05) is 20.2 Å². The molecule has 1 aliphatic heterocycles. The molecule has 5 nitrogen and oxygen atoms in total. The van der Waals surface area contributed by atoms with Crippen LogP contribution in [0, 0.1) is 5.41 Å². The van der Waals surface area contributed by atoms with Gasteiger partial charge >= 0.3 is 0 Å². The second-order valence-electron chi connectivity index (χ2n) is 6.19. The number of amides is 1. The van der Waals surface area contributed by atoms with Crippen LogP contribution in [0.1, 0.15) is 42.5 Å². The quantitative estimate of drug-likeness (QED) is 0.903. The molecule has 1 spiro atoms. The summed E-state index contributed by atoms with van der Waals surface area (Å²) in [6, 6.07) is 3.46. The maximum absolute atomic E-state index is 12.6. The molecule has 2 fully saturated rings. The fourth-order valence-corrected chi connectivity index (χ4v) is 3.74. The average molecular weight is 290 g/mol. The molecule has 21 heavy (non-hydrogen) atoms. The van der Waals surface area contributed by atoms with Gasteiger partial charge in [0.15, 0.2) is 0 Å². The van der Waals surface area contributed by atoms with Gasteiger partial charge in [-0.2, -0.15) is 0 Å². The van der Waals surface area contributed by atoms with Gasteiger partial charge in [0, 0.05) is 30.8 Å². The third-order valence-electron chi connectivity index (χ3n) is 4.95. The number of ether oxygens (including phenoxy) is 1. The average Bonchev–Trinajstić information content (AvgIpc) is 2.87. The van der Waals surface area contributed by atoms with Crippen LogP contribution in [0.5, 0.6) is 5.88 Å². The lowest BCUT2D eigenvalue weighted by atomic mass is 9.76. The number of carbonyl (C=O) groups is 1. The van der Waals surface area contributed by atoms with Crippen molar-refractivity contribution >= 4 is 5.91 Å². The molecule has 0 unspecified atom stereocenters. The Morgan fingerprint density at radius 1 is 1.43 bits per heavy atom. The molecule has 114 valence electrons. The predicted molar refractivity (Wildman–Crippen MR) is 78.2 cm³/mol. The van der Waals surface area contributed by atoms with Crippen molar-refractivity contribution in [1.82, 2.24) is 9.88 Å². The Morgan fingerprint density at radius 2 is 2.24 bits per heavy atom. The number of aromatic nitrogens is 1. The van der Waals surface area contributed by atoms with Crippen molar-refractivity contribution < 1.29 is 14.6 Å². The first-order chi connectivity index (χ1) is 10.1. The van der Waals surface area contributed by atoms with Crippen LogP contribution in [-0.4, -0.2) is 47.2 Å². The second-order valence-corrected chi connectivity index (χ2v) is 6.19. The van der Waals surface area contributed by atoms with Gasteiger partial charge in [-0.15, -0.1) is 0 Å². The number of pyridine rings is 1. The molecule has 0 aromatic carbocycles. The van der Waals surface area contributed by atoms with E-state index in [1.54, 1.807) is 25.4 Å². The fourth-order valence-electron chi connectivity index (χ4n) is 3.74. The maximum atomic E-state index is 12.6. The molecule has 3 rings (SSSR count). The summed E-state index contributed by atoms with van der Waals surface area (Å²) in [6.07, 6.45) is 6.25. The van der Waals surface area contributed by atoms with Crippen molar-refractivity contribution in [2.24, 2.45) is 5.41 Å². The summed E-state index contributed by atoms with van der Waals surface area (Å²) in [5.41, 5.74) is 0.508. The molecular weight excluding hydrogens is 268 g/mol. The highest BCUT2D eigenvalue weighted by molar-refractivity contribution is 5.94. The lowest BCUT2D eigenvalue weighted by Gasteiger charge is -2.42. The van der Waals surface area contributed by atoms with E-state index in [1.165, 1.54) is 0 Å². The number of hydrogen-bond donors (Lipinski definition) is 1. The van der Waals surface area contributed by atoms with Gasteiger partial charge in [0.05, 0.1) is 18.8 Å². The first kappa shape index (κ1) is 14.3. The Morgan fingerprint density at radius 3 is 2.86 bits per heavy atom. The van der Waals surface area contributed by atoms with Gasteiger partial charge in [0.2, 0.25) is 5.88 Å². The maximum Gasteiger partial charge on any atom is 0.255 e. The zero-order chi connectivity index (χ0) is 14.9. The molecule has 2 aliphatic rings.